The smallest absolute Gasteiger partial charge is 0.216 e. The zero-order valence-corrected chi connectivity index (χ0v) is 10.5. The molecule has 0 aliphatic carbocycles. The SMILES string of the molecule is Cc1nnc(Sc2ncnc3sccc23)n1N. The lowest BCUT2D eigenvalue weighted by atomic mass is 10.4. The van der Waals surface area contributed by atoms with Crippen molar-refractivity contribution < 1.29 is 0 Å². The molecule has 0 spiro atoms. The highest BCUT2D eigenvalue weighted by atomic mass is 32.2. The van der Waals surface area contributed by atoms with E-state index in [1.54, 1.807) is 24.6 Å². The molecule has 3 aromatic heterocycles. The maximum Gasteiger partial charge on any atom is 0.216 e. The standard InChI is InChI=1S/C9H8N6S2/c1-5-13-14-9(15(5)10)17-8-6-2-3-16-7(6)11-4-12-8/h2-4H,10H2,1H3. The molecule has 3 aromatic rings. The van der Waals surface area contributed by atoms with Crippen molar-refractivity contribution in [3.05, 3.63) is 23.6 Å². The van der Waals surface area contributed by atoms with Gasteiger partial charge in [0.2, 0.25) is 5.16 Å². The molecule has 0 atom stereocenters. The van der Waals surface area contributed by atoms with Crippen molar-refractivity contribution in [1.82, 2.24) is 24.8 Å². The molecule has 0 bridgehead atoms. The van der Waals surface area contributed by atoms with Gasteiger partial charge in [-0.1, -0.05) is 0 Å². The van der Waals surface area contributed by atoms with Crippen LogP contribution in [0.5, 0.6) is 0 Å². The van der Waals surface area contributed by atoms with Crippen molar-refractivity contribution in [2.75, 3.05) is 5.84 Å². The van der Waals surface area contributed by atoms with Crippen LogP contribution in [0, 0.1) is 6.92 Å². The van der Waals surface area contributed by atoms with Gasteiger partial charge in [0.1, 0.15) is 22.0 Å². The Bertz CT molecular complexity index is 673. The molecule has 0 aromatic carbocycles. The fourth-order valence-electron chi connectivity index (χ4n) is 1.35. The first-order chi connectivity index (χ1) is 8.25. The topological polar surface area (TPSA) is 82.5 Å². The van der Waals surface area contributed by atoms with E-state index >= 15 is 0 Å². The van der Waals surface area contributed by atoms with Gasteiger partial charge < -0.3 is 5.84 Å². The lowest BCUT2D eigenvalue weighted by Gasteiger charge is -2.01. The summed E-state index contributed by atoms with van der Waals surface area (Å²) in [4.78, 5) is 9.40. The summed E-state index contributed by atoms with van der Waals surface area (Å²) in [6.45, 7) is 1.80. The Balaban J connectivity index is 2.05. The molecule has 0 aliphatic rings. The van der Waals surface area contributed by atoms with Gasteiger partial charge in [0.05, 0.1) is 0 Å². The molecule has 0 aliphatic heterocycles. The van der Waals surface area contributed by atoms with Gasteiger partial charge in [-0.05, 0) is 30.1 Å². The van der Waals surface area contributed by atoms with Crippen LogP contribution in [0.1, 0.15) is 5.82 Å². The monoisotopic (exact) mass is 264 g/mol. The number of nitrogen functional groups attached to an aromatic ring is 1. The van der Waals surface area contributed by atoms with Crippen molar-refractivity contribution in [2.45, 2.75) is 17.1 Å². The van der Waals surface area contributed by atoms with Gasteiger partial charge in [-0.25, -0.2) is 14.6 Å². The predicted octanol–water partition coefficient (Wildman–Crippen LogP) is 1.46. The number of rotatable bonds is 2. The molecule has 0 amide bonds. The van der Waals surface area contributed by atoms with Crippen LogP contribution in [-0.4, -0.2) is 24.8 Å². The summed E-state index contributed by atoms with van der Waals surface area (Å²) in [5, 5.41) is 12.4. The summed E-state index contributed by atoms with van der Waals surface area (Å²) in [5.74, 6) is 6.47. The van der Waals surface area contributed by atoms with E-state index in [9.17, 15) is 0 Å². The van der Waals surface area contributed by atoms with E-state index < -0.39 is 0 Å². The lowest BCUT2D eigenvalue weighted by Crippen LogP contribution is -2.11. The van der Waals surface area contributed by atoms with Crippen LogP contribution in [0.25, 0.3) is 10.2 Å². The number of nitrogens with zero attached hydrogens (tertiary/aromatic N) is 5. The minimum absolute atomic E-state index is 0.619. The van der Waals surface area contributed by atoms with Crippen molar-refractivity contribution in [1.29, 1.82) is 0 Å². The number of nitrogens with two attached hydrogens (primary N) is 1. The quantitative estimate of drug-likeness (QED) is 0.557. The van der Waals surface area contributed by atoms with Gasteiger partial charge in [-0.3, -0.25) is 0 Å². The molecule has 3 heterocycles. The normalized spacial score (nSPS) is 11.1. The fourth-order valence-corrected chi connectivity index (χ4v) is 3.01. The number of fused-ring (bicyclic) bond motifs is 1. The van der Waals surface area contributed by atoms with Crippen LogP contribution in [0.15, 0.2) is 28.0 Å². The molecule has 2 N–H and O–H groups in total. The number of aryl methyl sites for hydroxylation is 1. The van der Waals surface area contributed by atoms with Gasteiger partial charge in [-0.15, -0.1) is 21.5 Å². The van der Waals surface area contributed by atoms with Crippen LogP contribution in [0.3, 0.4) is 0 Å². The zero-order chi connectivity index (χ0) is 11.8. The van der Waals surface area contributed by atoms with E-state index in [4.69, 9.17) is 5.84 Å². The first kappa shape index (κ1) is 10.5. The molecule has 86 valence electrons. The molecule has 6 nitrogen and oxygen atoms in total. The summed E-state index contributed by atoms with van der Waals surface area (Å²) in [6, 6.07) is 1.99. The summed E-state index contributed by atoms with van der Waals surface area (Å²) in [5.41, 5.74) is 0. The third kappa shape index (κ3) is 1.75. The molecule has 0 saturated heterocycles. The van der Waals surface area contributed by atoms with Gasteiger partial charge >= 0.3 is 0 Å². The van der Waals surface area contributed by atoms with E-state index in [2.05, 4.69) is 20.2 Å². The van der Waals surface area contributed by atoms with Crippen molar-refractivity contribution in [2.24, 2.45) is 0 Å². The molecular weight excluding hydrogens is 256 g/mol. The summed E-state index contributed by atoms with van der Waals surface area (Å²) in [6.07, 6.45) is 1.55. The Hall–Kier alpha value is -1.67. The third-order valence-corrected chi connectivity index (χ3v) is 4.05. The molecule has 0 saturated carbocycles. The van der Waals surface area contributed by atoms with Crippen LogP contribution < -0.4 is 5.84 Å². The molecule has 3 rings (SSSR count). The molecule has 17 heavy (non-hydrogen) atoms. The van der Waals surface area contributed by atoms with Gasteiger partial charge in [0.15, 0.2) is 0 Å². The molecule has 0 unspecified atom stereocenters. The summed E-state index contributed by atoms with van der Waals surface area (Å²) < 4.78 is 1.45. The van der Waals surface area contributed by atoms with Crippen molar-refractivity contribution in [3.63, 3.8) is 0 Å². The summed E-state index contributed by atoms with van der Waals surface area (Å²) >= 11 is 2.97. The average molecular weight is 264 g/mol. The number of hydrogen-bond donors (Lipinski definition) is 1. The van der Waals surface area contributed by atoms with E-state index in [0.717, 1.165) is 15.2 Å². The number of hydrogen-bond acceptors (Lipinski definition) is 7. The Morgan fingerprint density at radius 1 is 1.35 bits per heavy atom. The van der Waals surface area contributed by atoms with Crippen LogP contribution in [0.4, 0.5) is 0 Å². The Morgan fingerprint density at radius 2 is 2.24 bits per heavy atom. The second kappa shape index (κ2) is 3.97. The number of aromatic nitrogens is 5. The molecule has 0 fully saturated rings. The highest BCUT2D eigenvalue weighted by molar-refractivity contribution is 7.99. The van der Waals surface area contributed by atoms with Crippen LogP contribution in [0.2, 0.25) is 0 Å². The zero-order valence-electron chi connectivity index (χ0n) is 8.86. The van der Waals surface area contributed by atoms with E-state index in [1.165, 1.54) is 16.4 Å². The summed E-state index contributed by atoms with van der Waals surface area (Å²) in [7, 11) is 0. The Kier molecular flexibility index (Phi) is 2.45. The van der Waals surface area contributed by atoms with Crippen LogP contribution >= 0.6 is 23.1 Å². The highest BCUT2D eigenvalue weighted by Crippen LogP contribution is 2.31. The van der Waals surface area contributed by atoms with E-state index in [0.29, 0.717) is 11.0 Å². The molecule has 0 radical (unpaired) electrons. The Morgan fingerprint density at radius 3 is 3.00 bits per heavy atom. The second-order valence-electron chi connectivity index (χ2n) is 3.32. The van der Waals surface area contributed by atoms with Crippen molar-refractivity contribution >= 4 is 33.3 Å². The fraction of sp³-hybridized carbons (Fsp3) is 0.111. The average Bonchev–Trinajstić information content (AvgIpc) is 2.91. The Labute approximate surface area is 105 Å². The minimum Gasteiger partial charge on any atom is -0.336 e. The van der Waals surface area contributed by atoms with Gasteiger partial charge in [0.25, 0.3) is 0 Å². The second-order valence-corrected chi connectivity index (χ2v) is 5.17. The largest absolute Gasteiger partial charge is 0.336 e. The molecule has 8 heteroatoms. The first-order valence-electron chi connectivity index (χ1n) is 4.79. The lowest BCUT2D eigenvalue weighted by molar-refractivity contribution is 0.824. The maximum atomic E-state index is 5.80. The maximum absolute atomic E-state index is 5.80. The highest BCUT2D eigenvalue weighted by Gasteiger charge is 2.12. The van der Waals surface area contributed by atoms with Crippen molar-refractivity contribution in [3.8, 4) is 0 Å². The van der Waals surface area contributed by atoms with Gasteiger partial charge in [-0.2, -0.15) is 0 Å². The predicted molar refractivity (Wildman–Crippen MR) is 66.4 cm³/mol. The molecular formula is C9H8N6S2. The number of thiophene rings is 1. The van der Waals surface area contributed by atoms with E-state index in [-0.39, 0.29) is 0 Å². The minimum atomic E-state index is 0.619. The first-order valence-corrected chi connectivity index (χ1v) is 6.48. The third-order valence-electron chi connectivity index (χ3n) is 2.25. The van der Waals surface area contributed by atoms with E-state index in [1.807, 2.05) is 11.4 Å². The van der Waals surface area contributed by atoms with Gasteiger partial charge in [0, 0.05) is 5.39 Å². The van der Waals surface area contributed by atoms with Crippen LogP contribution in [-0.2, 0) is 0 Å².